The number of anilines is 3. The van der Waals surface area contributed by atoms with Gasteiger partial charge in [-0.25, -0.2) is 9.69 Å². The van der Waals surface area contributed by atoms with Crippen LogP contribution < -0.4 is 25.0 Å². The van der Waals surface area contributed by atoms with Gasteiger partial charge in [0.2, 0.25) is 0 Å². The molecule has 1 heterocycles. The summed E-state index contributed by atoms with van der Waals surface area (Å²) < 4.78 is 15.2. The fourth-order valence-corrected chi connectivity index (χ4v) is 3.91. The van der Waals surface area contributed by atoms with Crippen molar-refractivity contribution in [3.8, 4) is 11.5 Å². The van der Waals surface area contributed by atoms with Gasteiger partial charge in [0.25, 0.3) is 17.7 Å². The molecule has 0 aliphatic carbocycles. The molecule has 194 valence electrons. The first-order chi connectivity index (χ1) is 18.3. The number of rotatable bonds is 8. The molecule has 0 spiro atoms. The van der Waals surface area contributed by atoms with Gasteiger partial charge in [0.15, 0.2) is 0 Å². The molecule has 3 aromatic rings. The summed E-state index contributed by atoms with van der Waals surface area (Å²) in [6.07, 6.45) is 0. The van der Waals surface area contributed by atoms with E-state index in [-0.39, 0.29) is 27.5 Å². The van der Waals surface area contributed by atoms with Crippen molar-refractivity contribution in [2.45, 2.75) is 0 Å². The maximum Gasteiger partial charge on any atom is 0.337 e. The lowest BCUT2D eigenvalue weighted by atomic mass is 10.1. The predicted octanol–water partition coefficient (Wildman–Crippen LogP) is 4.18. The summed E-state index contributed by atoms with van der Waals surface area (Å²) in [5.74, 6) is -1.44. The highest BCUT2D eigenvalue weighted by Gasteiger charge is 2.39. The minimum atomic E-state index is -0.732. The summed E-state index contributed by atoms with van der Waals surface area (Å²) in [4.78, 5) is 51.4. The van der Waals surface area contributed by atoms with E-state index in [1.165, 1.54) is 51.7 Å². The summed E-state index contributed by atoms with van der Waals surface area (Å²) >= 11 is 6.22. The van der Waals surface area contributed by atoms with Gasteiger partial charge in [-0.15, -0.1) is 0 Å². The van der Waals surface area contributed by atoms with E-state index < -0.39 is 23.7 Å². The number of benzene rings is 3. The average Bonchev–Trinajstić information content (AvgIpc) is 3.15. The summed E-state index contributed by atoms with van der Waals surface area (Å²) in [6, 6.07) is 17.0. The van der Waals surface area contributed by atoms with Gasteiger partial charge < -0.3 is 24.8 Å². The SMILES string of the molecule is COC(=O)c1ccc(N2C(=O)C(Cl)=C(Nc3cccc(C(=O)Nc4cc(OC)ccc4OC)c3)C2=O)cc1. The number of esters is 1. The first kappa shape index (κ1) is 26.2. The van der Waals surface area contributed by atoms with Gasteiger partial charge in [-0.1, -0.05) is 17.7 Å². The molecule has 0 saturated carbocycles. The molecule has 3 aromatic carbocycles. The Balaban J connectivity index is 1.53. The van der Waals surface area contributed by atoms with Crippen LogP contribution in [-0.2, 0) is 14.3 Å². The van der Waals surface area contributed by atoms with E-state index in [1.807, 2.05) is 0 Å². The Morgan fingerprint density at radius 3 is 2.24 bits per heavy atom. The van der Waals surface area contributed by atoms with Crippen LogP contribution in [-0.4, -0.2) is 45.0 Å². The zero-order valence-electron chi connectivity index (χ0n) is 20.5. The smallest absolute Gasteiger partial charge is 0.337 e. The van der Waals surface area contributed by atoms with Crippen LogP contribution in [0.4, 0.5) is 17.1 Å². The van der Waals surface area contributed by atoms with Gasteiger partial charge in [-0.05, 0) is 54.6 Å². The van der Waals surface area contributed by atoms with Gasteiger partial charge in [-0.2, -0.15) is 0 Å². The molecular weight excluding hydrogens is 514 g/mol. The van der Waals surface area contributed by atoms with Crippen molar-refractivity contribution in [1.29, 1.82) is 0 Å². The van der Waals surface area contributed by atoms with Gasteiger partial charge in [-0.3, -0.25) is 14.4 Å². The summed E-state index contributed by atoms with van der Waals surface area (Å²) in [5, 5.41) is 5.30. The van der Waals surface area contributed by atoms with Crippen molar-refractivity contribution >= 4 is 52.4 Å². The largest absolute Gasteiger partial charge is 0.497 e. The summed E-state index contributed by atoms with van der Waals surface area (Å²) in [7, 11) is 4.24. The summed E-state index contributed by atoms with van der Waals surface area (Å²) in [5.41, 5.74) is 1.36. The van der Waals surface area contributed by atoms with Crippen LogP contribution in [0.3, 0.4) is 0 Å². The van der Waals surface area contributed by atoms with Crippen LogP contribution in [0.2, 0.25) is 0 Å². The molecule has 0 aromatic heterocycles. The van der Waals surface area contributed by atoms with Crippen LogP contribution in [0.1, 0.15) is 20.7 Å². The second-order valence-electron chi connectivity index (χ2n) is 7.90. The quantitative estimate of drug-likeness (QED) is 0.325. The number of carbonyl (C=O) groups excluding carboxylic acids is 4. The number of nitrogens with one attached hydrogen (secondary N) is 2. The van der Waals surface area contributed by atoms with E-state index in [0.29, 0.717) is 22.9 Å². The molecule has 11 heteroatoms. The Bertz CT molecular complexity index is 1470. The molecular formula is C27H22ClN3O7. The Morgan fingerprint density at radius 1 is 0.842 bits per heavy atom. The number of nitrogens with zero attached hydrogens (tertiary/aromatic N) is 1. The monoisotopic (exact) mass is 535 g/mol. The topological polar surface area (TPSA) is 123 Å². The first-order valence-electron chi connectivity index (χ1n) is 11.1. The molecule has 1 aliphatic rings. The van der Waals surface area contributed by atoms with Gasteiger partial charge >= 0.3 is 5.97 Å². The highest BCUT2D eigenvalue weighted by molar-refractivity contribution is 6.53. The van der Waals surface area contributed by atoms with Gasteiger partial charge in [0.1, 0.15) is 22.2 Å². The maximum absolute atomic E-state index is 13.1. The molecule has 10 nitrogen and oxygen atoms in total. The number of ether oxygens (including phenoxy) is 3. The van der Waals surface area contributed by atoms with Crippen LogP contribution in [0.15, 0.2) is 77.5 Å². The van der Waals surface area contributed by atoms with Crippen molar-refractivity contribution in [3.63, 3.8) is 0 Å². The molecule has 0 unspecified atom stereocenters. The Morgan fingerprint density at radius 2 is 1.58 bits per heavy atom. The minimum Gasteiger partial charge on any atom is -0.497 e. The zero-order valence-corrected chi connectivity index (χ0v) is 21.3. The molecule has 38 heavy (non-hydrogen) atoms. The molecule has 0 radical (unpaired) electrons. The number of methoxy groups -OCH3 is 3. The summed E-state index contributed by atoms with van der Waals surface area (Å²) in [6.45, 7) is 0. The molecule has 1 aliphatic heterocycles. The lowest BCUT2D eigenvalue weighted by Gasteiger charge is -2.15. The first-order valence-corrected chi connectivity index (χ1v) is 11.5. The van der Waals surface area contributed by atoms with E-state index >= 15 is 0 Å². The van der Waals surface area contributed by atoms with Crippen LogP contribution >= 0.6 is 11.6 Å². The molecule has 0 bridgehead atoms. The van der Waals surface area contributed by atoms with E-state index in [2.05, 4.69) is 15.4 Å². The number of hydrogen-bond acceptors (Lipinski definition) is 8. The van der Waals surface area contributed by atoms with Crippen LogP contribution in [0.5, 0.6) is 11.5 Å². The Labute approximate surface area is 222 Å². The van der Waals surface area contributed by atoms with Crippen molar-refractivity contribution in [1.82, 2.24) is 0 Å². The highest BCUT2D eigenvalue weighted by Crippen LogP contribution is 2.32. The fraction of sp³-hybridized carbons (Fsp3) is 0.111. The zero-order chi connectivity index (χ0) is 27.4. The third-order valence-corrected chi connectivity index (χ3v) is 5.97. The van der Waals surface area contributed by atoms with Crippen molar-refractivity contribution < 1.29 is 33.4 Å². The molecule has 3 amide bonds. The second kappa shape index (κ2) is 11.1. The number of carbonyl (C=O) groups is 4. The fourth-order valence-electron chi connectivity index (χ4n) is 3.70. The Hall–Kier alpha value is -4.83. The molecule has 0 atom stereocenters. The van der Waals surface area contributed by atoms with E-state index in [4.69, 9.17) is 21.1 Å². The van der Waals surface area contributed by atoms with Gasteiger partial charge in [0.05, 0.1) is 38.3 Å². The molecule has 0 fully saturated rings. The maximum atomic E-state index is 13.1. The molecule has 4 rings (SSSR count). The molecule has 0 saturated heterocycles. The predicted molar refractivity (Wildman–Crippen MR) is 141 cm³/mol. The number of hydrogen-bond donors (Lipinski definition) is 2. The lowest BCUT2D eigenvalue weighted by molar-refractivity contribution is -0.120. The van der Waals surface area contributed by atoms with Crippen molar-refractivity contribution in [2.75, 3.05) is 36.9 Å². The average molecular weight is 536 g/mol. The highest BCUT2D eigenvalue weighted by atomic mass is 35.5. The number of halogens is 1. The van der Waals surface area contributed by atoms with E-state index in [9.17, 15) is 19.2 Å². The molecule has 2 N–H and O–H groups in total. The number of amides is 3. The number of imide groups is 1. The van der Waals surface area contributed by atoms with Crippen LogP contribution in [0.25, 0.3) is 0 Å². The standard InChI is InChI=1S/C27H22ClN3O7/c1-36-19-11-12-21(37-2)20(14-19)30-24(32)16-5-4-6-17(13-16)29-23-22(28)25(33)31(26(23)34)18-9-7-15(8-10-18)27(35)38-3/h4-14,29H,1-3H3,(H,30,32). The lowest BCUT2D eigenvalue weighted by Crippen LogP contribution is -2.32. The minimum absolute atomic E-state index is 0.152. The van der Waals surface area contributed by atoms with E-state index in [1.54, 1.807) is 36.4 Å². The second-order valence-corrected chi connectivity index (χ2v) is 8.28. The van der Waals surface area contributed by atoms with Gasteiger partial charge in [0, 0.05) is 17.3 Å². The normalized spacial score (nSPS) is 12.9. The third-order valence-electron chi connectivity index (χ3n) is 5.62. The van der Waals surface area contributed by atoms with Crippen molar-refractivity contribution in [2.24, 2.45) is 0 Å². The third kappa shape index (κ3) is 5.16. The van der Waals surface area contributed by atoms with Crippen LogP contribution in [0, 0.1) is 0 Å². The van der Waals surface area contributed by atoms with E-state index in [0.717, 1.165) is 4.90 Å². The van der Waals surface area contributed by atoms with Crippen molar-refractivity contribution in [3.05, 3.63) is 88.6 Å². The Kier molecular flexibility index (Phi) is 7.63.